The van der Waals surface area contributed by atoms with Crippen molar-refractivity contribution in [1.82, 2.24) is 25.2 Å². The van der Waals surface area contributed by atoms with E-state index in [1.54, 1.807) is 0 Å². The van der Waals surface area contributed by atoms with Gasteiger partial charge in [0.05, 0.1) is 16.5 Å². The normalized spacial score (nSPS) is 21.8. The second-order valence-corrected chi connectivity index (χ2v) is 14.8. The van der Waals surface area contributed by atoms with E-state index in [1.165, 1.54) is 36.5 Å². The van der Waals surface area contributed by atoms with Crippen molar-refractivity contribution in [2.75, 3.05) is 44.8 Å². The van der Waals surface area contributed by atoms with Crippen molar-refractivity contribution in [2.24, 2.45) is 5.41 Å². The van der Waals surface area contributed by atoms with Gasteiger partial charge in [-0.25, -0.2) is 13.2 Å². The number of carbonyl (C=O) groups is 1. The van der Waals surface area contributed by atoms with Gasteiger partial charge in [-0.1, -0.05) is 31.4 Å². The number of likely N-dealkylation sites (tertiary alicyclic amines) is 1. The van der Waals surface area contributed by atoms with Crippen molar-refractivity contribution in [3.05, 3.63) is 60.3 Å². The molecule has 4 heterocycles. The van der Waals surface area contributed by atoms with Gasteiger partial charge in [-0.2, -0.15) is 9.97 Å². The topological polar surface area (TPSA) is 122 Å². The molecule has 1 aliphatic carbocycles. The first-order valence-corrected chi connectivity index (χ1v) is 18.1. The van der Waals surface area contributed by atoms with Gasteiger partial charge in [-0.3, -0.25) is 14.7 Å². The number of ether oxygens (including phenoxy) is 2. The molecule has 0 bridgehead atoms. The molecule has 0 spiro atoms. The summed E-state index contributed by atoms with van der Waals surface area (Å²) in [5, 5.41) is 17.8. The van der Waals surface area contributed by atoms with E-state index in [4.69, 9.17) is 20.9 Å². The predicted molar refractivity (Wildman–Crippen MR) is 196 cm³/mol. The Labute approximate surface area is 306 Å². The highest BCUT2D eigenvalue weighted by Gasteiger charge is 2.46. The van der Waals surface area contributed by atoms with Crippen LogP contribution < -0.4 is 15.4 Å². The second-order valence-electron chi connectivity index (χ2n) is 14.8. The lowest BCUT2D eigenvalue weighted by Gasteiger charge is -2.41. The summed E-state index contributed by atoms with van der Waals surface area (Å²) in [6.45, 7) is 7.87. The summed E-state index contributed by atoms with van der Waals surface area (Å²) in [5.41, 5.74) is -1.31. The molecular formula is C40H43F3N6O4. The van der Waals surface area contributed by atoms with E-state index in [-0.39, 0.29) is 87.6 Å². The fraction of sp³-hybridized carbons (Fsp3) is 0.450. The van der Waals surface area contributed by atoms with Crippen LogP contribution in [0.5, 0.6) is 11.8 Å². The summed E-state index contributed by atoms with van der Waals surface area (Å²) >= 11 is 0. The third-order valence-corrected chi connectivity index (χ3v) is 11.1. The number of phenolic OH excluding ortho intramolecular Hbond substituents is 1. The molecule has 1 saturated carbocycles. The number of terminal acetylenes is 1. The largest absolute Gasteiger partial charge is 0.508 e. The van der Waals surface area contributed by atoms with Crippen molar-refractivity contribution in [2.45, 2.75) is 69.6 Å². The molecule has 3 fully saturated rings. The van der Waals surface area contributed by atoms with E-state index < -0.39 is 23.3 Å². The molecule has 7 rings (SSSR count). The maximum absolute atomic E-state index is 17.0. The molecule has 3 N–H and O–H groups in total. The van der Waals surface area contributed by atoms with Crippen LogP contribution in [-0.2, 0) is 9.53 Å². The van der Waals surface area contributed by atoms with E-state index in [1.807, 2.05) is 6.92 Å². The number of pyridine rings is 1. The van der Waals surface area contributed by atoms with Gasteiger partial charge in [-0.15, -0.1) is 6.42 Å². The number of alkyl halides is 1. The minimum absolute atomic E-state index is 0.0504. The molecule has 2 saturated heterocycles. The second kappa shape index (κ2) is 14.8. The molecule has 4 aromatic rings. The SMILES string of the molecule is C#Cc1c(F)ccc2cc(O)cc(-c3ncc4c(NCC5(CNC(=O)C=C)CCCC5)nc(OC[C@]5(C)C[C@@H](F)CN5C5CCOCC5)nc4c3F)c12. The molecule has 1 amide bonds. The van der Waals surface area contributed by atoms with Crippen LogP contribution >= 0.6 is 0 Å². The molecule has 13 heteroatoms. The molecule has 10 nitrogen and oxygen atoms in total. The fourth-order valence-corrected chi connectivity index (χ4v) is 8.38. The summed E-state index contributed by atoms with van der Waals surface area (Å²) < 4.78 is 58.7. The highest BCUT2D eigenvalue weighted by atomic mass is 19.1. The van der Waals surface area contributed by atoms with Crippen LogP contribution in [0.2, 0.25) is 0 Å². The summed E-state index contributed by atoms with van der Waals surface area (Å²) in [6.07, 6.45) is 12.8. The molecule has 0 radical (unpaired) electrons. The van der Waals surface area contributed by atoms with Crippen molar-refractivity contribution < 1.29 is 32.5 Å². The summed E-state index contributed by atoms with van der Waals surface area (Å²) in [6, 6.07) is 5.37. The number of aromatic hydroxyl groups is 1. The molecule has 53 heavy (non-hydrogen) atoms. The number of fused-ring (bicyclic) bond motifs is 2. The molecule has 0 unspecified atom stereocenters. The van der Waals surface area contributed by atoms with Crippen LogP contribution in [0.15, 0.2) is 43.1 Å². The molecule has 278 valence electrons. The Morgan fingerprint density at radius 3 is 2.72 bits per heavy atom. The zero-order valence-corrected chi connectivity index (χ0v) is 29.7. The van der Waals surface area contributed by atoms with Gasteiger partial charge in [0.2, 0.25) is 5.91 Å². The van der Waals surface area contributed by atoms with E-state index in [2.05, 4.69) is 38.0 Å². The lowest BCUT2D eigenvalue weighted by molar-refractivity contribution is -0.116. The number of phenols is 1. The van der Waals surface area contributed by atoms with E-state index >= 15 is 8.78 Å². The van der Waals surface area contributed by atoms with Gasteiger partial charge in [0.15, 0.2) is 5.82 Å². The van der Waals surface area contributed by atoms with Crippen LogP contribution in [-0.4, -0.2) is 88.1 Å². The van der Waals surface area contributed by atoms with Crippen molar-refractivity contribution in [3.8, 4) is 35.4 Å². The maximum atomic E-state index is 17.0. The quantitative estimate of drug-likeness (QED) is 0.118. The number of aromatic nitrogens is 3. The maximum Gasteiger partial charge on any atom is 0.319 e. The molecule has 2 atom stereocenters. The van der Waals surface area contributed by atoms with Crippen LogP contribution in [0.25, 0.3) is 32.9 Å². The van der Waals surface area contributed by atoms with Crippen LogP contribution in [0.1, 0.15) is 57.4 Å². The number of hydrogen-bond donors (Lipinski definition) is 3. The lowest BCUT2D eigenvalue weighted by atomic mass is 9.86. The van der Waals surface area contributed by atoms with E-state index in [9.17, 15) is 14.3 Å². The van der Waals surface area contributed by atoms with Crippen molar-refractivity contribution in [1.29, 1.82) is 0 Å². The number of rotatable bonds is 11. The van der Waals surface area contributed by atoms with Gasteiger partial charge in [0.25, 0.3) is 0 Å². The number of halogens is 3. The average molecular weight is 729 g/mol. The molecular weight excluding hydrogens is 685 g/mol. The molecule has 2 aromatic carbocycles. The van der Waals surface area contributed by atoms with Crippen LogP contribution in [0.3, 0.4) is 0 Å². The average Bonchev–Trinajstić information content (AvgIpc) is 3.76. The standard InChI is InChI=1S/C40H43F3N6O4/c1-4-28-31(42)9-8-24-16-27(50)17-29(33(24)28)35-34(43)36-30(19-44-35)37(46-22-40(12-6-7-13-40)21-45-32(51)5-2)48-38(47-36)53-23-39(3)18-25(41)20-49(39)26-10-14-52-15-11-26/h1,5,8-9,16-17,19,25-26,50H,2,6-7,10-15,18,20-23H2,3H3,(H,45,51)(H,46,47,48)/t25-,39+/m1/s1. The van der Waals surface area contributed by atoms with Crippen molar-refractivity contribution >= 4 is 33.4 Å². The third kappa shape index (κ3) is 7.22. The summed E-state index contributed by atoms with van der Waals surface area (Å²) in [7, 11) is 0. The van der Waals surface area contributed by atoms with Crippen molar-refractivity contribution in [3.63, 3.8) is 0 Å². The Bertz CT molecular complexity index is 2100. The van der Waals surface area contributed by atoms with Gasteiger partial charge in [0.1, 0.15) is 41.4 Å². The van der Waals surface area contributed by atoms with Gasteiger partial charge in [0, 0.05) is 67.9 Å². The number of benzene rings is 2. The number of amides is 1. The smallest absolute Gasteiger partial charge is 0.319 e. The fourth-order valence-electron chi connectivity index (χ4n) is 8.38. The minimum Gasteiger partial charge on any atom is -0.508 e. The Morgan fingerprint density at radius 1 is 1.21 bits per heavy atom. The van der Waals surface area contributed by atoms with Crippen LogP contribution in [0, 0.1) is 29.4 Å². The highest BCUT2D eigenvalue weighted by Crippen LogP contribution is 2.41. The molecule has 2 aromatic heterocycles. The number of anilines is 1. The highest BCUT2D eigenvalue weighted by molar-refractivity contribution is 6.03. The minimum atomic E-state index is -1.04. The van der Waals surface area contributed by atoms with E-state index in [0.29, 0.717) is 31.7 Å². The number of nitrogens with zero attached hydrogens (tertiary/aromatic N) is 4. The third-order valence-electron chi connectivity index (χ3n) is 11.1. The number of hydrogen-bond acceptors (Lipinski definition) is 9. The Balaban J connectivity index is 1.30. The first-order valence-electron chi connectivity index (χ1n) is 18.1. The molecule has 3 aliphatic rings. The lowest BCUT2D eigenvalue weighted by Crippen LogP contribution is -2.52. The Morgan fingerprint density at radius 2 is 1.98 bits per heavy atom. The van der Waals surface area contributed by atoms with Gasteiger partial charge in [-0.05, 0) is 62.3 Å². The van der Waals surface area contributed by atoms with E-state index in [0.717, 1.165) is 38.5 Å². The van der Waals surface area contributed by atoms with Gasteiger partial charge < -0.3 is 25.2 Å². The predicted octanol–water partition coefficient (Wildman–Crippen LogP) is 6.44. The first-order chi connectivity index (χ1) is 25.5. The Kier molecular flexibility index (Phi) is 10.2. The summed E-state index contributed by atoms with van der Waals surface area (Å²) in [5.74, 6) is 0.638. The monoisotopic (exact) mass is 728 g/mol. The first kappa shape index (κ1) is 36.4. The zero-order chi connectivity index (χ0) is 37.3. The number of nitrogens with one attached hydrogen (secondary N) is 2. The number of carbonyl (C=O) groups excluding carboxylic acids is 1. The van der Waals surface area contributed by atoms with Crippen LogP contribution in [0.4, 0.5) is 19.0 Å². The Hall–Kier alpha value is -4.93. The molecule has 2 aliphatic heterocycles. The van der Waals surface area contributed by atoms with Gasteiger partial charge >= 0.3 is 6.01 Å². The zero-order valence-electron chi connectivity index (χ0n) is 29.7. The summed E-state index contributed by atoms with van der Waals surface area (Å²) in [4.78, 5) is 27.9.